The zero-order chi connectivity index (χ0) is 8.93. The van der Waals surface area contributed by atoms with Gasteiger partial charge in [0, 0.05) is 5.92 Å². The molecule has 0 spiro atoms. The Bertz CT molecular complexity index is 322. The van der Waals surface area contributed by atoms with E-state index in [4.69, 9.17) is 16.3 Å². The van der Waals surface area contributed by atoms with Crippen molar-refractivity contribution in [3.8, 4) is 0 Å². The lowest BCUT2D eigenvalue weighted by atomic mass is 10.1. The molecular weight excluding hydrogens is 204 g/mol. The van der Waals surface area contributed by atoms with E-state index >= 15 is 0 Å². The molecule has 2 rings (SSSR count). The van der Waals surface area contributed by atoms with E-state index in [0.29, 0.717) is 0 Å². The van der Waals surface area contributed by atoms with Crippen molar-refractivity contribution in [2.75, 3.05) is 5.75 Å². The zero-order valence-corrected chi connectivity index (χ0v) is 7.64. The molecule has 0 aromatic carbocycles. The molecule has 6 heteroatoms. The molecule has 0 aromatic rings. The van der Waals surface area contributed by atoms with Crippen molar-refractivity contribution in [1.29, 1.82) is 0 Å². The van der Waals surface area contributed by atoms with E-state index < -0.39 is 20.7 Å². The van der Waals surface area contributed by atoms with Gasteiger partial charge >= 0.3 is 5.97 Å². The van der Waals surface area contributed by atoms with E-state index in [1.165, 1.54) is 0 Å². The van der Waals surface area contributed by atoms with Crippen molar-refractivity contribution in [2.45, 2.75) is 17.2 Å². The number of carbonyl (C=O) groups is 1. The second-order valence-electron chi connectivity index (χ2n) is 3.10. The minimum absolute atomic E-state index is 0.0163. The van der Waals surface area contributed by atoms with Gasteiger partial charge in [-0.15, -0.1) is 11.6 Å². The highest BCUT2D eigenvalue weighted by Gasteiger charge is 2.52. The van der Waals surface area contributed by atoms with Gasteiger partial charge in [0.25, 0.3) is 0 Å². The summed E-state index contributed by atoms with van der Waals surface area (Å²) in [5.41, 5.74) is 0. The van der Waals surface area contributed by atoms with Crippen LogP contribution >= 0.6 is 11.6 Å². The first-order valence-electron chi connectivity index (χ1n) is 3.56. The number of hydrogen-bond donors (Lipinski definition) is 0. The standard InChI is InChI=1S/C6H7ClO4S/c7-6-5-3(1-4(8)11-5)2-12(6,9)10/h3,5-6H,1-2H2/t3-,5+,6-/m1/s1. The molecule has 0 aliphatic carbocycles. The lowest BCUT2D eigenvalue weighted by Crippen LogP contribution is -2.22. The van der Waals surface area contributed by atoms with Crippen LogP contribution in [-0.2, 0) is 19.4 Å². The monoisotopic (exact) mass is 210 g/mol. The van der Waals surface area contributed by atoms with Crippen LogP contribution in [0.15, 0.2) is 0 Å². The molecule has 2 aliphatic rings. The number of rotatable bonds is 0. The van der Waals surface area contributed by atoms with E-state index in [1.807, 2.05) is 0 Å². The van der Waals surface area contributed by atoms with Gasteiger partial charge in [-0.3, -0.25) is 4.79 Å². The van der Waals surface area contributed by atoms with Gasteiger partial charge in [-0.05, 0) is 0 Å². The third kappa shape index (κ3) is 1.03. The summed E-state index contributed by atoms with van der Waals surface area (Å²) in [6.45, 7) is 0. The predicted octanol–water partition coefficient (Wildman–Crippen LogP) is -0.0886. The van der Waals surface area contributed by atoms with Crippen LogP contribution in [-0.4, -0.2) is 31.0 Å². The Balaban J connectivity index is 2.30. The molecule has 0 unspecified atom stereocenters. The number of hydrogen-bond acceptors (Lipinski definition) is 4. The Morgan fingerprint density at radius 3 is 2.75 bits per heavy atom. The van der Waals surface area contributed by atoms with Crippen molar-refractivity contribution in [2.24, 2.45) is 5.92 Å². The first kappa shape index (κ1) is 8.31. The number of fused-ring (bicyclic) bond motifs is 1. The van der Waals surface area contributed by atoms with Crippen LogP contribution in [0.25, 0.3) is 0 Å². The molecule has 2 saturated heterocycles. The van der Waals surface area contributed by atoms with Crippen LogP contribution in [0.3, 0.4) is 0 Å². The summed E-state index contributed by atoms with van der Waals surface area (Å²) in [7, 11) is -3.22. The zero-order valence-electron chi connectivity index (χ0n) is 6.07. The van der Waals surface area contributed by atoms with Gasteiger partial charge in [-0.2, -0.15) is 0 Å². The number of alkyl halides is 1. The smallest absolute Gasteiger partial charge is 0.306 e. The number of esters is 1. The average molecular weight is 211 g/mol. The van der Waals surface area contributed by atoms with Crippen molar-refractivity contribution in [3.63, 3.8) is 0 Å². The van der Waals surface area contributed by atoms with E-state index in [1.54, 1.807) is 0 Å². The molecule has 2 fully saturated rings. The fraction of sp³-hybridized carbons (Fsp3) is 0.833. The van der Waals surface area contributed by atoms with Gasteiger partial charge in [0.2, 0.25) is 0 Å². The summed E-state index contributed by atoms with van der Waals surface area (Å²) in [5.74, 6) is -0.576. The maximum atomic E-state index is 11.2. The fourth-order valence-electron chi connectivity index (χ4n) is 1.64. The molecule has 12 heavy (non-hydrogen) atoms. The molecular formula is C6H7ClO4S. The van der Waals surface area contributed by atoms with Gasteiger partial charge in [-0.1, -0.05) is 0 Å². The third-order valence-electron chi connectivity index (χ3n) is 2.21. The molecule has 4 nitrogen and oxygen atoms in total. The first-order chi connectivity index (χ1) is 5.50. The van der Waals surface area contributed by atoms with Crippen molar-refractivity contribution >= 4 is 27.4 Å². The van der Waals surface area contributed by atoms with E-state index in [9.17, 15) is 13.2 Å². The predicted molar refractivity (Wildman–Crippen MR) is 41.4 cm³/mol. The average Bonchev–Trinajstić information content (AvgIpc) is 2.35. The minimum atomic E-state index is -3.22. The van der Waals surface area contributed by atoms with Crippen LogP contribution in [0, 0.1) is 5.92 Å². The van der Waals surface area contributed by atoms with Gasteiger partial charge in [-0.25, -0.2) is 8.42 Å². The number of halogens is 1. The molecule has 0 radical (unpaired) electrons. The molecule has 0 saturated carbocycles. The van der Waals surface area contributed by atoms with E-state index in [2.05, 4.69) is 0 Å². The second kappa shape index (κ2) is 2.35. The SMILES string of the molecule is O=C1C[C@@H]2CS(=O)(=O)[C@@H](Cl)[C@H]2O1. The Morgan fingerprint density at radius 1 is 1.50 bits per heavy atom. The number of carbonyl (C=O) groups excluding carboxylic acids is 1. The third-order valence-corrected chi connectivity index (χ3v) is 5.12. The lowest BCUT2D eigenvalue weighted by molar-refractivity contribution is -0.140. The summed E-state index contributed by atoms with van der Waals surface area (Å²) >= 11 is 5.60. The van der Waals surface area contributed by atoms with Crippen LogP contribution in [0.5, 0.6) is 0 Å². The van der Waals surface area contributed by atoms with Crippen molar-refractivity contribution < 1.29 is 17.9 Å². The van der Waals surface area contributed by atoms with E-state index in [0.717, 1.165) is 0 Å². The summed E-state index contributed by atoms with van der Waals surface area (Å²) in [6.07, 6.45) is -0.420. The molecule has 2 heterocycles. The molecule has 0 bridgehead atoms. The van der Waals surface area contributed by atoms with Crippen LogP contribution in [0.4, 0.5) is 0 Å². The Morgan fingerprint density at radius 2 is 2.17 bits per heavy atom. The normalized spacial score (nSPS) is 44.1. The summed E-state index contributed by atoms with van der Waals surface area (Å²) in [6, 6.07) is 0. The highest BCUT2D eigenvalue weighted by molar-refractivity contribution is 7.93. The lowest BCUT2D eigenvalue weighted by Gasteiger charge is -2.08. The first-order valence-corrected chi connectivity index (χ1v) is 5.71. The minimum Gasteiger partial charge on any atom is -0.459 e. The van der Waals surface area contributed by atoms with Gasteiger partial charge < -0.3 is 4.74 Å². The molecule has 0 amide bonds. The molecule has 0 aromatic heterocycles. The van der Waals surface area contributed by atoms with Gasteiger partial charge in [0.15, 0.2) is 14.5 Å². The number of sulfone groups is 1. The maximum absolute atomic E-state index is 11.2. The molecule has 0 N–H and O–H groups in total. The van der Waals surface area contributed by atoms with Gasteiger partial charge in [0.05, 0.1) is 12.2 Å². The number of ether oxygens (including phenoxy) is 1. The Labute approximate surface area is 74.8 Å². The summed E-state index contributed by atoms with van der Waals surface area (Å²) in [4.78, 5) is 10.7. The molecule has 3 atom stereocenters. The Hall–Kier alpha value is -0.290. The van der Waals surface area contributed by atoms with E-state index in [-0.39, 0.29) is 24.1 Å². The van der Waals surface area contributed by atoms with Crippen molar-refractivity contribution in [1.82, 2.24) is 0 Å². The fourth-order valence-corrected chi connectivity index (χ4v) is 3.89. The summed E-state index contributed by atoms with van der Waals surface area (Å²) < 4.78 is 26.1. The highest BCUT2D eigenvalue weighted by Crippen LogP contribution is 2.38. The van der Waals surface area contributed by atoms with Crippen LogP contribution < -0.4 is 0 Å². The molecule has 68 valence electrons. The topological polar surface area (TPSA) is 60.4 Å². The Kier molecular flexibility index (Phi) is 1.63. The maximum Gasteiger partial charge on any atom is 0.306 e. The van der Waals surface area contributed by atoms with Gasteiger partial charge in [0.1, 0.15) is 6.10 Å². The largest absolute Gasteiger partial charge is 0.459 e. The quantitative estimate of drug-likeness (QED) is 0.414. The van der Waals surface area contributed by atoms with Crippen molar-refractivity contribution in [3.05, 3.63) is 0 Å². The van der Waals surface area contributed by atoms with Crippen LogP contribution in [0.2, 0.25) is 0 Å². The highest BCUT2D eigenvalue weighted by atomic mass is 35.5. The molecule has 2 aliphatic heterocycles. The summed E-state index contributed by atoms with van der Waals surface area (Å²) in [5, 5.41) is 0. The van der Waals surface area contributed by atoms with Crippen LogP contribution in [0.1, 0.15) is 6.42 Å². The second-order valence-corrected chi connectivity index (χ2v) is 6.00.